The van der Waals surface area contributed by atoms with Crippen LogP contribution in [0.15, 0.2) is 42.0 Å². The van der Waals surface area contributed by atoms with Crippen molar-refractivity contribution in [2.24, 2.45) is 0 Å². The summed E-state index contributed by atoms with van der Waals surface area (Å²) in [4.78, 5) is 15.4. The number of aryl methyl sites for hydroxylation is 1. The Kier molecular flexibility index (Phi) is 9.49. The minimum Gasteiger partial charge on any atom is -0.388 e. The fourth-order valence-corrected chi connectivity index (χ4v) is 5.13. The van der Waals surface area contributed by atoms with E-state index in [2.05, 4.69) is 28.4 Å². The molecule has 2 aromatic carbocycles. The molecule has 9 nitrogen and oxygen atoms in total. The lowest BCUT2D eigenvalue weighted by Gasteiger charge is -2.40. The first-order valence-corrected chi connectivity index (χ1v) is 13.3. The van der Waals surface area contributed by atoms with Crippen molar-refractivity contribution in [3.63, 3.8) is 0 Å². The van der Waals surface area contributed by atoms with E-state index in [4.69, 9.17) is 9.47 Å². The van der Waals surface area contributed by atoms with Gasteiger partial charge in [0.05, 0.1) is 19.3 Å². The first-order valence-electron chi connectivity index (χ1n) is 13.3. The van der Waals surface area contributed by atoms with Gasteiger partial charge in [-0.25, -0.2) is 0 Å². The van der Waals surface area contributed by atoms with Gasteiger partial charge in [0, 0.05) is 13.1 Å². The van der Waals surface area contributed by atoms with E-state index in [9.17, 15) is 25.4 Å². The van der Waals surface area contributed by atoms with Gasteiger partial charge in [-0.2, -0.15) is 5.26 Å². The van der Waals surface area contributed by atoms with E-state index >= 15 is 0 Å². The van der Waals surface area contributed by atoms with Crippen molar-refractivity contribution in [1.29, 1.82) is 5.26 Å². The van der Waals surface area contributed by atoms with Crippen LogP contribution >= 0.6 is 0 Å². The molecule has 0 aliphatic carbocycles. The number of nitriles is 1. The van der Waals surface area contributed by atoms with Gasteiger partial charge >= 0.3 is 0 Å². The van der Waals surface area contributed by atoms with Crippen LogP contribution in [0.4, 0.5) is 0 Å². The number of carbonyl (C=O) groups is 1. The van der Waals surface area contributed by atoms with Gasteiger partial charge in [0.15, 0.2) is 6.29 Å². The quantitative estimate of drug-likeness (QED) is 0.304. The smallest absolute Gasteiger partial charge is 0.262 e. The fourth-order valence-electron chi connectivity index (χ4n) is 5.13. The zero-order chi connectivity index (χ0) is 27.2. The third-order valence-corrected chi connectivity index (χ3v) is 7.52. The first-order chi connectivity index (χ1) is 18.3. The molecule has 4 N–H and O–H groups in total. The van der Waals surface area contributed by atoms with Crippen molar-refractivity contribution in [2.75, 3.05) is 32.8 Å². The van der Waals surface area contributed by atoms with Crippen molar-refractivity contribution in [1.82, 2.24) is 10.2 Å². The number of nitrogens with one attached hydrogen (secondary N) is 1. The van der Waals surface area contributed by atoms with Crippen LogP contribution in [-0.4, -0.2) is 89.6 Å². The van der Waals surface area contributed by atoms with E-state index < -0.39 is 36.6 Å². The van der Waals surface area contributed by atoms with Crippen LogP contribution in [0.5, 0.6) is 0 Å². The average Bonchev–Trinajstić information content (AvgIpc) is 2.93. The van der Waals surface area contributed by atoms with Crippen molar-refractivity contribution < 1.29 is 29.6 Å². The van der Waals surface area contributed by atoms with Gasteiger partial charge in [-0.1, -0.05) is 37.3 Å². The Balaban J connectivity index is 1.45. The molecule has 1 unspecified atom stereocenters. The Morgan fingerprint density at radius 3 is 2.53 bits per heavy atom. The molecule has 2 aliphatic rings. The van der Waals surface area contributed by atoms with E-state index in [0.29, 0.717) is 12.0 Å². The second kappa shape index (κ2) is 12.8. The Hall–Kier alpha value is -2.84. The van der Waals surface area contributed by atoms with E-state index in [0.717, 1.165) is 62.0 Å². The van der Waals surface area contributed by atoms with E-state index in [-0.39, 0.29) is 5.57 Å². The number of morpholine rings is 1. The molecular formula is C29H37N3O6. The maximum absolute atomic E-state index is 13.0. The molecule has 0 radical (unpaired) electrons. The highest BCUT2D eigenvalue weighted by molar-refractivity contribution is 6.05. The molecule has 0 saturated carbocycles. The molecule has 1 amide bonds. The summed E-state index contributed by atoms with van der Waals surface area (Å²) in [6.45, 7) is 8.10. The number of benzene rings is 2. The lowest BCUT2D eigenvalue weighted by Crippen LogP contribution is -2.63. The third kappa shape index (κ3) is 6.41. The standard InChI is InChI=1S/C29H37N3O6/c1-3-24-26(33)27(34)25(29(36)38-24)31-28(35)23(17-30)18(2)20-8-9-21-15-19(6-7-22(21)16-20)5-4-10-32-11-13-37-14-12-32/h6-9,15-16,24-27,29,33-34,36H,3-5,10-14H2,1-2H3,(H,31,35)/b23-18+/t24-,25-,26-,27-,29?/m1/s1. The molecule has 2 aliphatic heterocycles. The summed E-state index contributed by atoms with van der Waals surface area (Å²) in [5.41, 5.74) is 2.31. The highest BCUT2D eigenvalue weighted by Crippen LogP contribution is 2.26. The second-order valence-electron chi connectivity index (χ2n) is 10.0. The summed E-state index contributed by atoms with van der Waals surface area (Å²) in [7, 11) is 0. The topological polar surface area (TPSA) is 135 Å². The Labute approximate surface area is 223 Å². The maximum Gasteiger partial charge on any atom is 0.262 e. The molecule has 9 heteroatoms. The predicted octanol–water partition coefficient (Wildman–Crippen LogP) is 1.74. The number of aliphatic hydroxyl groups excluding tert-OH is 3. The van der Waals surface area contributed by atoms with E-state index in [1.807, 2.05) is 24.3 Å². The number of hydrogen-bond acceptors (Lipinski definition) is 8. The summed E-state index contributed by atoms with van der Waals surface area (Å²) in [5.74, 6) is -0.755. The van der Waals surface area contributed by atoms with E-state index in [1.165, 1.54) is 5.56 Å². The van der Waals surface area contributed by atoms with Gasteiger partial charge in [-0.3, -0.25) is 9.69 Å². The molecule has 2 aromatic rings. The Morgan fingerprint density at radius 1 is 1.11 bits per heavy atom. The number of rotatable bonds is 8. The summed E-state index contributed by atoms with van der Waals surface area (Å²) in [5, 5.41) is 45.2. The molecule has 38 heavy (non-hydrogen) atoms. The maximum atomic E-state index is 13.0. The minimum absolute atomic E-state index is 0.143. The number of aliphatic hydroxyl groups is 3. The minimum atomic E-state index is -1.51. The molecule has 2 saturated heterocycles. The van der Waals surface area contributed by atoms with Gasteiger partial charge in [-0.15, -0.1) is 0 Å². The van der Waals surface area contributed by atoms with Gasteiger partial charge in [0.1, 0.15) is 29.9 Å². The number of ether oxygens (including phenoxy) is 2. The van der Waals surface area contributed by atoms with E-state index in [1.54, 1.807) is 13.8 Å². The third-order valence-electron chi connectivity index (χ3n) is 7.52. The molecule has 2 heterocycles. The number of hydrogen-bond donors (Lipinski definition) is 4. The van der Waals surface area contributed by atoms with Crippen LogP contribution in [0.1, 0.15) is 37.8 Å². The van der Waals surface area contributed by atoms with Crippen molar-refractivity contribution in [3.05, 3.63) is 53.1 Å². The van der Waals surface area contributed by atoms with Crippen molar-refractivity contribution in [3.8, 4) is 6.07 Å². The number of fused-ring (bicyclic) bond motifs is 1. The molecule has 204 valence electrons. The van der Waals surface area contributed by atoms with Crippen LogP contribution in [-0.2, 0) is 20.7 Å². The lowest BCUT2D eigenvalue weighted by atomic mass is 9.94. The largest absolute Gasteiger partial charge is 0.388 e. The normalized spacial score (nSPS) is 27.0. The summed E-state index contributed by atoms with van der Waals surface area (Å²) in [6, 6.07) is 12.8. The SMILES string of the molecule is CC[C@H]1OC(O)[C@H](NC(=O)/C(C#N)=C(\C)c2ccc3cc(CCCN4CCOCC4)ccc3c2)[C@@H](O)[C@@H]1O. The highest BCUT2D eigenvalue weighted by atomic mass is 16.6. The zero-order valence-corrected chi connectivity index (χ0v) is 22.0. The fraction of sp³-hybridized carbons (Fsp3) is 0.517. The highest BCUT2D eigenvalue weighted by Gasteiger charge is 2.44. The molecule has 0 bridgehead atoms. The van der Waals surface area contributed by atoms with Gasteiger partial charge in [-0.05, 0) is 66.3 Å². The van der Waals surface area contributed by atoms with Crippen LogP contribution in [0, 0.1) is 11.3 Å². The van der Waals surface area contributed by atoms with Gasteiger partial charge in [0.25, 0.3) is 5.91 Å². The number of carbonyl (C=O) groups excluding carboxylic acids is 1. The molecule has 4 rings (SSSR count). The summed E-state index contributed by atoms with van der Waals surface area (Å²) >= 11 is 0. The van der Waals surface area contributed by atoms with Gasteiger partial charge in [0.2, 0.25) is 0 Å². The van der Waals surface area contributed by atoms with Crippen LogP contribution in [0.3, 0.4) is 0 Å². The number of nitrogens with zero attached hydrogens (tertiary/aromatic N) is 2. The van der Waals surface area contributed by atoms with Crippen molar-refractivity contribution in [2.45, 2.75) is 63.8 Å². The summed E-state index contributed by atoms with van der Waals surface area (Å²) < 4.78 is 10.7. The van der Waals surface area contributed by atoms with Gasteiger partial charge < -0.3 is 30.1 Å². The monoisotopic (exact) mass is 523 g/mol. The number of amides is 1. The number of allylic oxidation sites excluding steroid dienone is 1. The van der Waals surface area contributed by atoms with Crippen LogP contribution in [0.25, 0.3) is 16.3 Å². The molecule has 5 atom stereocenters. The second-order valence-corrected chi connectivity index (χ2v) is 10.0. The van der Waals surface area contributed by atoms with Crippen LogP contribution in [0.2, 0.25) is 0 Å². The Bertz CT molecular complexity index is 1200. The molecule has 2 fully saturated rings. The lowest BCUT2D eigenvalue weighted by molar-refractivity contribution is -0.247. The summed E-state index contributed by atoms with van der Waals surface area (Å²) in [6.07, 6.45) is -2.50. The Morgan fingerprint density at radius 2 is 1.82 bits per heavy atom. The first kappa shape index (κ1) is 28.2. The van der Waals surface area contributed by atoms with Crippen LogP contribution < -0.4 is 5.32 Å². The molecule has 0 aromatic heterocycles. The molecule has 0 spiro atoms. The molecular weight excluding hydrogens is 486 g/mol. The predicted molar refractivity (Wildman–Crippen MR) is 143 cm³/mol. The zero-order valence-electron chi connectivity index (χ0n) is 22.0. The van der Waals surface area contributed by atoms with Crippen molar-refractivity contribution >= 4 is 22.3 Å². The average molecular weight is 524 g/mol.